The van der Waals surface area contributed by atoms with Gasteiger partial charge in [-0.3, -0.25) is 14.5 Å². The van der Waals surface area contributed by atoms with E-state index < -0.39 is 34.9 Å². The van der Waals surface area contributed by atoms with Crippen molar-refractivity contribution < 1.29 is 34.2 Å². The Labute approximate surface area is 178 Å². The van der Waals surface area contributed by atoms with Gasteiger partial charge in [-0.15, -0.1) is 23.1 Å². The smallest absolute Gasteiger partial charge is 0.352 e. The molecule has 1 saturated heterocycles. The molecule has 2 atom stereocenters. The average molecular weight is 457 g/mol. The lowest BCUT2D eigenvalue weighted by Gasteiger charge is -2.49. The minimum Gasteiger partial charge on any atom is -0.477 e. The molecular weight excluding hydrogens is 438 g/mol. The minimum atomic E-state index is -1.25. The highest BCUT2D eigenvalue weighted by Gasteiger charge is 2.54. The first-order valence-corrected chi connectivity index (χ1v) is 10.5. The number of carboxylic acids is 1. The molecule has 2 amide bonds. The summed E-state index contributed by atoms with van der Waals surface area (Å²) in [6, 6.07) is -0.972. The van der Waals surface area contributed by atoms with Crippen LogP contribution in [-0.2, 0) is 23.9 Å². The molecule has 2 aliphatic heterocycles. The summed E-state index contributed by atoms with van der Waals surface area (Å²) in [6.45, 7) is 0.706. The van der Waals surface area contributed by atoms with Crippen molar-refractivity contribution in [3.8, 4) is 0 Å². The molecule has 1 unspecified atom stereocenters. The van der Waals surface area contributed by atoms with Crippen LogP contribution in [0.2, 0.25) is 0 Å². The number of anilines is 1. The van der Waals surface area contributed by atoms with Crippen molar-refractivity contribution in [2.75, 3.05) is 38.4 Å². The number of methoxy groups -OCH3 is 1. The van der Waals surface area contributed by atoms with Crippen LogP contribution in [0.1, 0.15) is 5.69 Å². The SMILES string of the molecule is COCCOCC1=C(C(=O)O)N2C(=O)C(NC(=O)/C(=N\O)c3csc(N)n3)[C@H]2SC1. The van der Waals surface area contributed by atoms with Crippen LogP contribution < -0.4 is 11.1 Å². The Kier molecular flexibility index (Phi) is 6.91. The quantitative estimate of drug-likeness (QED) is 0.122. The van der Waals surface area contributed by atoms with E-state index in [-0.39, 0.29) is 29.7 Å². The third-order valence-corrected chi connectivity index (χ3v) is 6.34. The molecule has 162 valence electrons. The molecule has 5 N–H and O–H groups in total. The van der Waals surface area contributed by atoms with Crippen LogP contribution in [0.5, 0.6) is 0 Å². The topological polar surface area (TPSA) is 177 Å². The van der Waals surface area contributed by atoms with Crippen molar-refractivity contribution in [2.45, 2.75) is 11.4 Å². The number of carbonyl (C=O) groups excluding carboxylic acids is 2. The number of aromatic nitrogens is 1. The van der Waals surface area contributed by atoms with Gasteiger partial charge in [0, 0.05) is 18.2 Å². The highest BCUT2D eigenvalue weighted by molar-refractivity contribution is 8.00. The Morgan fingerprint density at radius 3 is 2.83 bits per heavy atom. The van der Waals surface area contributed by atoms with Gasteiger partial charge in [0.2, 0.25) is 0 Å². The number of nitrogens with zero attached hydrogens (tertiary/aromatic N) is 3. The maximum Gasteiger partial charge on any atom is 0.352 e. The van der Waals surface area contributed by atoms with Crippen molar-refractivity contribution in [3.63, 3.8) is 0 Å². The molecule has 12 nitrogen and oxygen atoms in total. The Morgan fingerprint density at radius 2 is 2.23 bits per heavy atom. The summed E-state index contributed by atoms with van der Waals surface area (Å²) < 4.78 is 10.3. The van der Waals surface area contributed by atoms with Crippen LogP contribution in [0.25, 0.3) is 0 Å². The highest BCUT2D eigenvalue weighted by Crippen LogP contribution is 2.40. The lowest BCUT2D eigenvalue weighted by Crippen LogP contribution is -2.71. The van der Waals surface area contributed by atoms with Gasteiger partial charge in [0.05, 0.1) is 19.8 Å². The number of thioether (sulfide) groups is 1. The Balaban J connectivity index is 1.70. The molecular formula is C16H19N5O7S2. The average Bonchev–Trinajstić information content (AvgIpc) is 3.15. The van der Waals surface area contributed by atoms with Gasteiger partial charge in [-0.2, -0.15) is 0 Å². The van der Waals surface area contributed by atoms with E-state index in [4.69, 9.17) is 15.2 Å². The summed E-state index contributed by atoms with van der Waals surface area (Å²) in [5, 5.41) is 25.2. The molecule has 0 radical (unpaired) electrons. The first-order chi connectivity index (χ1) is 14.4. The molecule has 3 heterocycles. The Hall–Kier alpha value is -2.68. The zero-order chi connectivity index (χ0) is 21.8. The number of nitrogens with one attached hydrogen (secondary N) is 1. The minimum absolute atomic E-state index is 0.0537. The second kappa shape index (κ2) is 9.42. The number of carbonyl (C=O) groups is 3. The van der Waals surface area contributed by atoms with Crippen molar-refractivity contribution >= 4 is 51.7 Å². The molecule has 1 fully saturated rings. The molecule has 30 heavy (non-hydrogen) atoms. The van der Waals surface area contributed by atoms with Gasteiger partial charge < -0.3 is 30.8 Å². The Bertz CT molecular complexity index is 916. The van der Waals surface area contributed by atoms with Gasteiger partial charge in [0.1, 0.15) is 22.8 Å². The van der Waals surface area contributed by atoms with Crippen molar-refractivity contribution in [2.24, 2.45) is 5.16 Å². The molecule has 0 aromatic carbocycles. The van der Waals surface area contributed by atoms with Crippen molar-refractivity contribution in [1.82, 2.24) is 15.2 Å². The molecule has 0 spiro atoms. The molecule has 3 rings (SSSR count). The normalized spacial score (nSPS) is 21.3. The number of aliphatic carboxylic acids is 1. The second-order valence-electron chi connectivity index (χ2n) is 6.18. The number of β-lactam (4-membered cyclic amide) rings is 1. The van der Waals surface area contributed by atoms with Gasteiger partial charge >= 0.3 is 5.97 Å². The zero-order valence-electron chi connectivity index (χ0n) is 15.7. The summed E-state index contributed by atoms with van der Waals surface area (Å²) in [7, 11) is 1.52. The second-order valence-corrected chi connectivity index (χ2v) is 8.18. The highest BCUT2D eigenvalue weighted by atomic mass is 32.2. The van der Waals surface area contributed by atoms with E-state index >= 15 is 0 Å². The van der Waals surface area contributed by atoms with E-state index in [9.17, 15) is 24.7 Å². The molecule has 0 bridgehead atoms. The molecule has 1 aromatic rings. The first kappa shape index (κ1) is 22.0. The summed E-state index contributed by atoms with van der Waals surface area (Å²) in [4.78, 5) is 41.9. The monoisotopic (exact) mass is 457 g/mol. The van der Waals surface area contributed by atoms with Gasteiger partial charge in [-0.05, 0) is 5.57 Å². The predicted molar refractivity (Wildman–Crippen MR) is 107 cm³/mol. The Morgan fingerprint density at radius 1 is 1.47 bits per heavy atom. The number of hydrogen-bond acceptors (Lipinski definition) is 11. The summed E-state index contributed by atoms with van der Waals surface area (Å²) in [6.07, 6.45) is 0. The first-order valence-electron chi connectivity index (χ1n) is 8.60. The third-order valence-electron chi connectivity index (χ3n) is 4.32. The number of nitrogens with two attached hydrogens (primary N) is 1. The maximum atomic E-state index is 12.6. The number of carboxylic acid groups (broad SMARTS) is 1. The maximum absolute atomic E-state index is 12.6. The summed E-state index contributed by atoms with van der Waals surface area (Å²) in [5.41, 5.74) is 5.52. The van der Waals surface area contributed by atoms with Gasteiger partial charge in [0.15, 0.2) is 10.8 Å². The number of nitrogen functional groups attached to an aromatic ring is 1. The van der Waals surface area contributed by atoms with Gasteiger partial charge in [-0.1, -0.05) is 5.16 Å². The summed E-state index contributed by atoms with van der Waals surface area (Å²) >= 11 is 2.36. The van der Waals surface area contributed by atoms with Crippen LogP contribution in [-0.4, -0.2) is 87.8 Å². The van der Waals surface area contributed by atoms with Crippen LogP contribution in [0.4, 0.5) is 5.13 Å². The number of fused-ring (bicyclic) bond motifs is 1. The number of amides is 2. The van der Waals surface area contributed by atoms with E-state index in [0.717, 1.165) is 16.2 Å². The van der Waals surface area contributed by atoms with Crippen molar-refractivity contribution in [3.05, 3.63) is 22.3 Å². The van der Waals surface area contributed by atoms with Crippen molar-refractivity contribution in [1.29, 1.82) is 0 Å². The van der Waals surface area contributed by atoms with Gasteiger partial charge in [0.25, 0.3) is 11.8 Å². The fourth-order valence-electron chi connectivity index (χ4n) is 2.95. The number of thiazole rings is 1. The van der Waals surface area contributed by atoms with E-state index in [2.05, 4.69) is 15.5 Å². The molecule has 2 aliphatic rings. The number of oxime groups is 1. The van der Waals surface area contributed by atoms with Crippen LogP contribution in [0.15, 0.2) is 21.8 Å². The largest absolute Gasteiger partial charge is 0.477 e. The fourth-order valence-corrected chi connectivity index (χ4v) is 4.83. The van der Waals surface area contributed by atoms with Crippen LogP contribution >= 0.6 is 23.1 Å². The fraction of sp³-hybridized carbons (Fsp3) is 0.438. The lowest BCUT2D eigenvalue weighted by atomic mass is 10.0. The molecule has 0 aliphatic carbocycles. The van der Waals surface area contributed by atoms with Crippen LogP contribution in [0.3, 0.4) is 0 Å². The number of hydrogen-bond donors (Lipinski definition) is 4. The predicted octanol–water partition coefficient (Wildman–Crippen LogP) is -0.695. The lowest BCUT2D eigenvalue weighted by molar-refractivity contribution is -0.150. The number of rotatable bonds is 9. The van der Waals surface area contributed by atoms with E-state index in [0.29, 0.717) is 17.9 Å². The zero-order valence-corrected chi connectivity index (χ0v) is 17.4. The van der Waals surface area contributed by atoms with E-state index in [1.165, 1.54) is 24.3 Å². The van der Waals surface area contributed by atoms with Gasteiger partial charge in [-0.25, -0.2) is 9.78 Å². The van der Waals surface area contributed by atoms with E-state index in [1.54, 1.807) is 0 Å². The summed E-state index contributed by atoms with van der Waals surface area (Å²) in [5.74, 6) is -2.34. The molecule has 1 aromatic heterocycles. The van der Waals surface area contributed by atoms with E-state index in [1.807, 2.05) is 0 Å². The molecule has 14 heteroatoms. The third kappa shape index (κ3) is 4.26. The molecule has 0 saturated carbocycles. The number of ether oxygens (including phenoxy) is 2. The van der Waals surface area contributed by atoms with Crippen LogP contribution in [0, 0.1) is 0 Å². The standard InChI is InChI=1S/C16H19N5O7S2/c1-27-2-3-28-4-7-5-29-14-10(13(23)21(14)11(7)15(24)25)19-12(22)9(20-26)8-6-30-16(17)18-8/h6,10,14,26H,2-5H2,1H3,(H2,17,18)(H,19,22)(H,24,25)/b20-9-/t10?,14-/m1/s1.